The van der Waals surface area contributed by atoms with Gasteiger partial charge in [0.2, 0.25) is 0 Å². The molecule has 0 bridgehead atoms. The summed E-state index contributed by atoms with van der Waals surface area (Å²) in [7, 11) is 0. The van der Waals surface area contributed by atoms with Gasteiger partial charge in [-0.2, -0.15) is 0 Å². The SMILES string of the molecule is C[C@H]1CCc2nccn21. The smallest absolute Gasteiger partial charge is 0.108 e. The molecular weight excluding hydrogens is 112 g/mol. The molecule has 0 aliphatic carbocycles. The number of hydrogen-bond donors (Lipinski definition) is 0. The molecule has 0 N–H and O–H groups in total. The van der Waals surface area contributed by atoms with Crippen LogP contribution in [0.4, 0.5) is 0 Å². The predicted octanol–water partition coefficient (Wildman–Crippen LogP) is 1.39. The number of aryl methyl sites for hydroxylation is 1. The molecule has 9 heavy (non-hydrogen) atoms. The minimum Gasteiger partial charge on any atom is -0.332 e. The molecule has 0 saturated heterocycles. The second-order valence-corrected chi connectivity index (χ2v) is 2.64. The number of fused-ring (bicyclic) bond motifs is 1. The molecule has 48 valence electrons. The van der Waals surface area contributed by atoms with Crippen molar-refractivity contribution in [1.82, 2.24) is 9.55 Å². The molecule has 2 rings (SSSR count). The highest BCUT2D eigenvalue weighted by molar-refractivity contribution is 5.00. The lowest BCUT2D eigenvalue weighted by atomic mass is 10.2. The highest BCUT2D eigenvalue weighted by Gasteiger charge is 2.16. The molecule has 0 amide bonds. The van der Waals surface area contributed by atoms with Gasteiger partial charge in [-0.15, -0.1) is 0 Å². The van der Waals surface area contributed by atoms with Crippen LogP contribution < -0.4 is 0 Å². The van der Waals surface area contributed by atoms with Gasteiger partial charge in [-0.3, -0.25) is 0 Å². The Bertz CT molecular complexity index is 214. The van der Waals surface area contributed by atoms with Crippen molar-refractivity contribution in [1.29, 1.82) is 0 Å². The summed E-state index contributed by atoms with van der Waals surface area (Å²) in [5, 5.41) is 0. The predicted molar refractivity (Wildman–Crippen MR) is 35.3 cm³/mol. The second kappa shape index (κ2) is 1.59. The van der Waals surface area contributed by atoms with E-state index in [4.69, 9.17) is 0 Å². The van der Waals surface area contributed by atoms with Crippen LogP contribution in [-0.2, 0) is 6.42 Å². The normalized spacial score (nSPS) is 24.3. The van der Waals surface area contributed by atoms with Crippen LogP contribution in [-0.4, -0.2) is 9.55 Å². The van der Waals surface area contributed by atoms with Crippen LogP contribution in [0.2, 0.25) is 0 Å². The van der Waals surface area contributed by atoms with Crippen LogP contribution in [0.15, 0.2) is 12.4 Å². The summed E-state index contributed by atoms with van der Waals surface area (Å²) in [5.41, 5.74) is 0. The Hall–Kier alpha value is -0.790. The van der Waals surface area contributed by atoms with E-state index in [1.54, 1.807) is 0 Å². The first-order valence-electron chi connectivity index (χ1n) is 3.39. The van der Waals surface area contributed by atoms with Crippen molar-refractivity contribution in [2.75, 3.05) is 0 Å². The van der Waals surface area contributed by atoms with Gasteiger partial charge < -0.3 is 4.57 Å². The number of imidazole rings is 1. The number of nitrogens with zero attached hydrogens (tertiary/aromatic N) is 2. The van der Waals surface area contributed by atoms with E-state index in [1.165, 1.54) is 12.2 Å². The third kappa shape index (κ3) is 0.590. The Balaban J connectivity index is 2.49. The summed E-state index contributed by atoms with van der Waals surface area (Å²) in [6, 6.07) is 0.683. The van der Waals surface area contributed by atoms with Crippen LogP contribution in [0.3, 0.4) is 0 Å². The van der Waals surface area contributed by atoms with Crippen LogP contribution in [0, 0.1) is 0 Å². The monoisotopic (exact) mass is 122 g/mol. The molecule has 1 aromatic rings. The van der Waals surface area contributed by atoms with Gasteiger partial charge in [0, 0.05) is 24.9 Å². The maximum absolute atomic E-state index is 4.21. The third-order valence-electron chi connectivity index (χ3n) is 2.01. The Morgan fingerprint density at radius 1 is 1.78 bits per heavy atom. The fourth-order valence-corrected chi connectivity index (χ4v) is 1.42. The van der Waals surface area contributed by atoms with E-state index < -0.39 is 0 Å². The van der Waals surface area contributed by atoms with E-state index in [1.807, 2.05) is 6.20 Å². The molecule has 1 aromatic heterocycles. The van der Waals surface area contributed by atoms with Gasteiger partial charge in [0.15, 0.2) is 0 Å². The van der Waals surface area contributed by atoms with Crippen LogP contribution in [0.1, 0.15) is 25.2 Å². The first kappa shape index (κ1) is 5.03. The van der Waals surface area contributed by atoms with Crippen molar-refractivity contribution in [2.45, 2.75) is 25.8 Å². The Labute approximate surface area is 54.5 Å². The van der Waals surface area contributed by atoms with Crippen LogP contribution in [0.25, 0.3) is 0 Å². The lowest BCUT2D eigenvalue weighted by molar-refractivity contribution is 0.581. The van der Waals surface area contributed by atoms with Crippen LogP contribution in [0.5, 0.6) is 0 Å². The number of hydrogen-bond acceptors (Lipinski definition) is 1. The van der Waals surface area contributed by atoms with E-state index in [9.17, 15) is 0 Å². The fraction of sp³-hybridized carbons (Fsp3) is 0.571. The summed E-state index contributed by atoms with van der Waals surface area (Å²) in [6.07, 6.45) is 6.37. The Morgan fingerprint density at radius 2 is 2.67 bits per heavy atom. The van der Waals surface area contributed by atoms with Gasteiger partial charge in [0.25, 0.3) is 0 Å². The van der Waals surface area contributed by atoms with Crippen molar-refractivity contribution in [3.63, 3.8) is 0 Å². The zero-order valence-electron chi connectivity index (χ0n) is 5.54. The third-order valence-corrected chi connectivity index (χ3v) is 2.01. The molecule has 0 spiro atoms. The fourth-order valence-electron chi connectivity index (χ4n) is 1.42. The molecule has 2 heterocycles. The van der Waals surface area contributed by atoms with Crippen molar-refractivity contribution >= 4 is 0 Å². The second-order valence-electron chi connectivity index (χ2n) is 2.64. The molecular formula is C7H10N2. The molecule has 0 unspecified atom stereocenters. The Kier molecular flexibility index (Phi) is 0.891. The summed E-state index contributed by atoms with van der Waals surface area (Å²) < 4.78 is 2.25. The molecule has 1 atom stereocenters. The number of aromatic nitrogens is 2. The van der Waals surface area contributed by atoms with E-state index in [0.29, 0.717) is 6.04 Å². The maximum atomic E-state index is 4.21. The van der Waals surface area contributed by atoms with E-state index in [2.05, 4.69) is 22.7 Å². The number of rotatable bonds is 0. The summed E-state index contributed by atoms with van der Waals surface area (Å²) >= 11 is 0. The van der Waals surface area contributed by atoms with Gasteiger partial charge in [-0.05, 0) is 13.3 Å². The molecule has 0 radical (unpaired) electrons. The first-order chi connectivity index (χ1) is 4.38. The lowest BCUT2D eigenvalue weighted by Crippen LogP contribution is -1.95. The van der Waals surface area contributed by atoms with Gasteiger partial charge in [0.1, 0.15) is 5.82 Å². The zero-order valence-corrected chi connectivity index (χ0v) is 5.54. The lowest BCUT2D eigenvalue weighted by Gasteiger charge is -2.02. The minimum absolute atomic E-state index is 0.683. The summed E-state index contributed by atoms with van der Waals surface area (Å²) in [6.45, 7) is 2.23. The Morgan fingerprint density at radius 3 is 3.44 bits per heavy atom. The molecule has 0 saturated carbocycles. The topological polar surface area (TPSA) is 17.8 Å². The van der Waals surface area contributed by atoms with Crippen molar-refractivity contribution in [2.24, 2.45) is 0 Å². The van der Waals surface area contributed by atoms with Gasteiger partial charge in [-0.1, -0.05) is 0 Å². The van der Waals surface area contributed by atoms with E-state index >= 15 is 0 Å². The highest BCUT2D eigenvalue weighted by Crippen LogP contribution is 2.22. The van der Waals surface area contributed by atoms with E-state index in [-0.39, 0.29) is 0 Å². The van der Waals surface area contributed by atoms with Gasteiger partial charge in [-0.25, -0.2) is 4.98 Å². The summed E-state index contributed by atoms with van der Waals surface area (Å²) in [4.78, 5) is 4.21. The zero-order chi connectivity index (χ0) is 6.27. The summed E-state index contributed by atoms with van der Waals surface area (Å²) in [5.74, 6) is 1.25. The van der Waals surface area contributed by atoms with Crippen LogP contribution >= 0.6 is 0 Å². The highest BCUT2D eigenvalue weighted by atomic mass is 15.1. The van der Waals surface area contributed by atoms with Crippen molar-refractivity contribution in [3.8, 4) is 0 Å². The molecule has 2 heteroatoms. The maximum Gasteiger partial charge on any atom is 0.108 e. The van der Waals surface area contributed by atoms with Gasteiger partial charge in [0.05, 0.1) is 0 Å². The molecule has 2 nitrogen and oxygen atoms in total. The average molecular weight is 122 g/mol. The minimum atomic E-state index is 0.683. The molecule has 1 aliphatic heterocycles. The van der Waals surface area contributed by atoms with Gasteiger partial charge >= 0.3 is 0 Å². The standard InChI is InChI=1S/C7H10N2/c1-6-2-3-7-8-4-5-9(6)7/h4-6H,2-3H2,1H3/t6-/m0/s1. The largest absolute Gasteiger partial charge is 0.332 e. The van der Waals surface area contributed by atoms with E-state index in [0.717, 1.165) is 6.42 Å². The first-order valence-corrected chi connectivity index (χ1v) is 3.39. The quantitative estimate of drug-likeness (QED) is 0.508. The molecule has 0 fully saturated rings. The average Bonchev–Trinajstić information content (AvgIpc) is 2.35. The van der Waals surface area contributed by atoms with Crippen molar-refractivity contribution in [3.05, 3.63) is 18.2 Å². The van der Waals surface area contributed by atoms with Crippen molar-refractivity contribution < 1.29 is 0 Å². The molecule has 1 aliphatic rings. The molecule has 0 aromatic carbocycles.